The van der Waals surface area contributed by atoms with Crippen LogP contribution in [0.1, 0.15) is 12.8 Å². The molecule has 142 valence electrons. The van der Waals surface area contributed by atoms with Gasteiger partial charge in [-0.2, -0.15) is 10.1 Å². The van der Waals surface area contributed by atoms with Crippen LogP contribution in [0, 0.1) is 0 Å². The summed E-state index contributed by atoms with van der Waals surface area (Å²) in [5, 5.41) is 15.3. The molecule has 0 aliphatic heterocycles. The molecule has 0 atom stereocenters. The number of rotatable bonds is 5. The van der Waals surface area contributed by atoms with E-state index < -0.39 is 0 Å². The van der Waals surface area contributed by atoms with Gasteiger partial charge in [0.1, 0.15) is 11.2 Å². The predicted octanol–water partition coefficient (Wildman–Crippen LogP) is 4.48. The number of pyridine rings is 1. The van der Waals surface area contributed by atoms with E-state index in [1.54, 1.807) is 18.7 Å². The molecule has 0 bridgehead atoms. The largest absolute Gasteiger partial charge is 0.459 e. The van der Waals surface area contributed by atoms with Crippen LogP contribution in [0.25, 0.3) is 33.3 Å². The van der Waals surface area contributed by atoms with Crippen molar-refractivity contribution < 1.29 is 4.42 Å². The summed E-state index contributed by atoms with van der Waals surface area (Å²) in [6.45, 7) is 0. The van der Waals surface area contributed by atoms with Crippen LogP contribution in [0.4, 0.5) is 17.5 Å². The van der Waals surface area contributed by atoms with Gasteiger partial charge in [-0.3, -0.25) is 10.1 Å². The Morgan fingerprint density at radius 1 is 1.03 bits per heavy atom. The van der Waals surface area contributed by atoms with Gasteiger partial charge in [-0.1, -0.05) is 0 Å². The molecule has 0 amide bonds. The zero-order valence-corrected chi connectivity index (χ0v) is 15.4. The molecule has 4 aromatic heterocycles. The number of hydrogen-bond acceptors (Lipinski definition) is 7. The highest BCUT2D eigenvalue weighted by Gasteiger charge is 2.23. The Morgan fingerprint density at radius 2 is 1.93 bits per heavy atom. The Bertz CT molecular complexity index is 1320. The number of fused-ring (bicyclic) bond motifs is 2. The number of nitrogens with zero attached hydrogens (tertiary/aromatic N) is 4. The number of aromatic nitrogens is 5. The molecule has 1 fully saturated rings. The third-order valence-electron chi connectivity index (χ3n) is 4.99. The van der Waals surface area contributed by atoms with Crippen LogP contribution < -0.4 is 10.6 Å². The van der Waals surface area contributed by atoms with Crippen molar-refractivity contribution in [3.8, 4) is 11.3 Å². The van der Waals surface area contributed by atoms with E-state index in [0.717, 1.165) is 52.0 Å². The second kappa shape index (κ2) is 6.30. The summed E-state index contributed by atoms with van der Waals surface area (Å²) in [5.74, 6) is 1.25. The van der Waals surface area contributed by atoms with Crippen molar-refractivity contribution in [1.29, 1.82) is 0 Å². The Hall–Kier alpha value is -3.94. The van der Waals surface area contributed by atoms with E-state index in [9.17, 15) is 0 Å². The van der Waals surface area contributed by atoms with Gasteiger partial charge in [-0.15, -0.1) is 0 Å². The van der Waals surface area contributed by atoms with E-state index in [-0.39, 0.29) is 0 Å². The monoisotopic (exact) mass is 383 g/mol. The average molecular weight is 383 g/mol. The van der Waals surface area contributed by atoms with Gasteiger partial charge in [0, 0.05) is 41.1 Å². The van der Waals surface area contributed by atoms with Crippen molar-refractivity contribution in [1.82, 2.24) is 25.1 Å². The van der Waals surface area contributed by atoms with Crippen LogP contribution in [-0.2, 0) is 0 Å². The van der Waals surface area contributed by atoms with Crippen LogP contribution in [0.2, 0.25) is 0 Å². The molecule has 6 rings (SSSR count). The van der Waals surface area contributed by atoms with Gasteiger partial charge in [0.2, 0.25) is 5.95 Å². The van der Waals surface area contributed by atoms with Crippen molar-refractivity contribution in [2.24, 2.45) is 0 Å². The lowest BCUT2D eigenvalue weighted by molar-refractivity contribution is 0.614. The summed E-state index contributed by atoms with van der Waals surface area (Å²) in [6.07, 6.45) is 7.49. The molecular weight excluding hydrogens is 366 g/mol. The second-order valence-corrected chi connectivity index (χ2v) is 7.14. The van der Waals surface area contributed by atoms with Crippen LogP contribution in [0.3, 0.4) is 0 Å². The molecule has 8 heteroatoms. The van der Waals surface area contributed by atoms with Gasteiger partial charge in [-0.05, 0) is 43.2 Å². The van der Waals surface area contributed by atoms with Crippen LogP contribution in [-0.4, -0.2) is 31.2 Å². The van der Waals surface area contributed by atoms with Gasteiger partial charge in [0.05, 0.1) is 11.8 Å². The number of nitrogens with one attached hydrogen (secondary N) is 3. The number of hydrogen-bond donors (Lipinski definition) is 3. The van der Waals surface area contributed by atoms with Crippen molar-refractivity contribution in [3.05, 3.63) is 55.1 Å². The first-order valence-corrected chi connectivity index (χ1v) is 9.51. The van der Waals surface area contributed by atoms with Gasteiger partial charge >= 0.3 is 0 Å². The summed E-state index contributed by atoms with van der Waals surface area (Å²) >= 11 is 0. The van der Waals surface area contributed by atoms with Crippen molar-refractivity contribution in [2.75, 3.05) is 10.6 Å². The maximum atomic E-state index is 5.55. The summed E-state index contributed by atoms with van der Waals surface area (Å²) in [7, 11) is 0. The number of benzene rings is 1. The molecule has 4 heterocycles. The number of anilines is 3. The molecule has 0 radical (unpaired) electrons. The second-order valence-electron chi connectivity index (χ2n) is 7.14. The number of aromatic amines is 1. The summed E-state index contributed by atoms with van der Waals surface area (Å²) in [4.78, 5) is 13.3. The molecule has 5 aromatic rings. The summed E-state index contributed by atoms with van der Waals surface area (Å²) in [6, 6.07) is 12.3. The normalized spacial score (nSPS) is 13.8. The molecular formula is C21H17N7O. The molecule has 0 spiro atoms. The maximum Gasteiger partial charge on any atom is 0.229 e. The van der Waals surface area contributed by atoms with Gasteiger partial charge in [0.15, 0.2) is 11.4 Å². The minimum atomic E-state index is 0.471. The summed E-state index contributed by atoms with van der Waals surface area (Å²) in [5.41, 5.74) is 5.20. The highest BCUT2D eigenvalue weighted by molar-refractivity contribution is 5.94. The quantitative estimate of drug-likeness (QED) is 0.411. The SMILES string of the molecule is c1cc(-c2n[nH]c3cc(Nc4nc(NC5CC5)c5occc5n4)ccc23)ccn1. The molecule has 1 saturated carbocycles. The van der Waals surface area contributed by atoms with E-state index in [1.165, 1.54) is 0 Å². The molecule has 1 aliphatic carbocycles. The van der Waals surface area contributed by atoms with Crippen molar-refractivity contribution in [3.63, 3.8) is 0 Å². The fraction of sp³-hybridized carbons (Fsp3) is 0.143. The molecule has 3 N–H and O–H groups in total. The Morgan fingerprint density at radius 3 is 2.79 bits per heavy atom. The minimum absolute atomic E-state index is 0.471. The highest BCUT2D eigenvalue weighted by atomic mass is 16.3. The Labute approximate surface area is 165 Å². The fourth-order valence-corrected chi connectivity index (χ4v) is 3.39. The number of furan rings is 1. The average Bonchev–Trinajstić information content (AvgIpc) is 3.26. The van der Waals surface area contributed by atoms with Gasteiger partial charge in [-0.25, -0.2) is 4.98 Å². The standard InChI is InChI=1S/C21H17N7O/c1-2-13(1)23-20-19-16(7-10-29-19)25-21(26-20)24-14-3-4-15-17(11-14)27-28-18(15)12-5-8-22-9-6-12/h3-11,13H,1-2H2,(H,27,28)(H2,23,24,25,26). The van der Waals surface area contributed by atoms with E-state index >= 15 is 0 Å². The lowest BCUT2D eigenvalue weighted by Crippen LogP contribution is -2.06. The topological polar surface area (TPSA) is 105 Å². The van der Waals surface area contributed by atoms with Crippen molar-refractivity contribution in [2.45, 2.75) is 18.9 Å². The highest BCUT2D eigenvalue weighted by Crippen LogP contribution is 2.31. The molecule has 29 heavy (non-hydrogen) atoms. The Balaban J connectivity index is 1.34. The molecule has 0 saturated heterocycles. The van der Waals surface area contributed by atoms with Crippen LogP contribution in [0.15, 0.2) is 59.5 Å². The zero-order chi connectivity index (χ0) is 19.2. The predicted molar refractivity (Wildman–Crippen MR) is 111 cm³/mol. The Kier molecular flexibility index (Phi) is 3.49. The zero-order valence-electron chi connectivity index (χ0n) is 15.4. The van der Waals surface area contributed by atoms with E-state index in [2.05, 4.69) is 35.8 Å². The first kappa shape index (κ1) is 16.1. The van der Waals surface area contributed by atoms with Gasteiger partial charge in [0.25, 0.3) is 0 Å². The van der Waals surface area contributed by atoms with Gasteiger partial charge < -0.3 is 15.1 Å². The molecule has 0 unspecified atom stereocenters. The van der Waals surface area contributed by atoms with Crippen molar-refractivity contribution >= 4 is 39.5 Å². The van der Waals surface area contributed by atoms with E-state index in [0.29, 0.717) is 17.6 Å². The lowest BCUT2D eigenvalue weighted by atomic mass is 10.1. The minimum Gasteiger partial charge on any atom is -0.459 e. The molecule has 1 aliphatic rings. The molecule has 1 aromatic carbocycles. The van der Waals surface area contributed by atoms with E-state index in [1.807, 2.05) is 36.4 Å². The third kappa shape index (κ3) is 2.94. The first-order chi connectivity index (χ1) is 14.3. The third-order valence-corrected chi connectivity index (χ3v) is 4.99. The number of H-pyrrole nitrogens is 1. The fourth-order valence-electron chi connectivity index (χ4n) is 3.39. The first-order valence-electron chi connectivity index (χ1n) is 9.51. The molecule has 8 nitrogen and oxygen atoms in total. The lowest BCUT2D eigenvalue weighted by Gasteiger charge is -2.09. The smallest absolute Gasteiger partial charge is 0.229 e. The van der Waals surface area contributed by atoms with Crippen LogP contribution >= 0.6 is 0 Å². The van der Waals surface area contributed by atoms with Crippen LogP contribution in [0.5, 0.6) is 0 Å². The van der Waals surface area contributed by atoms with E-state index in [4.69, 9.17) is 4.42 Å². The summed E-state index contributed by atoms with van der Waals surface area (Å²) < 4.78 is 5.55. The maximum absolute atomic E-state index is 5.55.